The first-order valence-electron chi connectivity index (χ1n) is 6.48. The van der Waals surface area contributed by atoms with E-state index in [1.807, 2.05) is 18.2 Å². The Morgan fingerprint density at radius 1 is 1.41 bits per heavy atom. The first-order chi connectivity index (χ1) is 8.31. The number of benzene rings is 1. The van der Waals surface area contributed by atoms with Gasteiger partial charge in [0, 0.05) is 6.04 Å². The van der Waals surface area contributed by atoms with Crippen LogP contribution in [0, 0.1) is 5.92 Å². The molecule has 17 heavy (non-hydrogen) atoms. The Kier molecular flexibility index (Phi) is 2.85. The molecule has 0 bridgehead atoms. The molecule has 0 amide bonds. The fourth-order valence-electron chi connectivity index (χ4n) is 2.30. The van der Waals surface area contributed by atoms with E-state index in [-0.39, 0.29) is 0 Å². The second-order valence-corrected chi connectivity index (χ2v) is 5.16. The van der Waals surface area contributed by atoms with Crippen molar-refractivity contribution in [3.05, 3.63) is 30.1 Å². The lowest BCUT2D eigenvalue weighted by Gasteiger charge is -2.11. The van der Waals surface area contributed by atoms with Crippen LogP contribution in [0.3, 0.4) is 0 Å². The number of aromatic nitrogens is 2. The number of para-hydroxylation sites is 2. The lowest BCUT2D eigenvalue weighted by atomic mass is 10.1. The number of aromatic amines is 1. The maximum Gasteiger partial charge on any atom is 0.121 e. The SMILES string of the molecule is CC(CC1CC1)NCc1nc2ccccc2[nH]1. The van der Waals surface area contributed by atoms with Gasteiger partial charge in [0.15, 0.2) is 0 Å². The van der Waals surface area contributed by atoms with E-state index < -0.39 is 0 Å². The molecule has 3 rings (SSSR count). The number of rotatable bonds is 5. The van der Waals surface area contributed by atoms with Crippen molar-refractivity contribution in [2.45, 2.75) is 38.8 Å². The molecule has 1 fully saturated rings. The van der Waals surface area contributed by atoms with Crippen LogP contribution >= 0.6 is 0 Å². The molecular formula is C14H19N3. The summed E-state index contributed by atoms with van der Waals surface area (Å²) in [7, 11) is 0. The van der Waals surface area contributed by atoms with Gasteiger partial charge in [0.1, 0.15) is 5.82 Å². The summed E-state index contributed by atoms with van der Waals surface area (Å²) >= 11 is 0. The van der Waals surface area contributed by atoms with Crippen molar-refractivity contribution in [2.24, 2.45) is 5.92 Å². The van der Waals surface area contributed by atoms with Crippen LogP contribution in [0.4, 0.5) is 0 Å². The molecule has 1 atom stereocenters. The zero-order chi connectivity index (χ0) is 11.7. The van der Waals surface area contributed by atoms with Gasteiger partial charge in [0.2, 0.25) is 0 Å². The minimum atomic E-state index is 0.593. The Hall–Kier alpha value is -1.35. The first kappa shape index (κ1) is 10.8. The van der Waals surface area contributed by atoms with E-state index in [0.717, 1.165) is 29.3 Å². The monoisotopic (exact) mass is 229 g/mol. The smallest absolute Gasteiger partial charge is 0.121 e. The van der Waals surface area contributed by atoms with Crippen LogP contribution in [0.5, 0.6) is 0 Å². The number of nitrogens with zero attached hydrogens (tertiary/aromatic N) is 1. The third kappa shape index (κ3) is 2.67. The molecular weight excluding hydrogens is 210 g/mol. The summed E-state index contributed by atoms with van der Waals surface area (Å²) in [4.78, 5) is 7.91. The lowest BCUT2D eigenvalue weighted by molar-refractivity contribution is 0.481. The molecule has 0 radical (unpaired) electrons. The number of hydrogen-bond donors (Lipinski definition) is 2. The van der Waals surface area contributed by atoms with E-state index in [2.05, 4.69) is 28.3 Å². The summed E-state index contributed by atoms with van der Waals surface area (Å²) in [6.45, 7) is 3.10. The maximum absolute atomic E-state index is 4.56. The van der Waals surface area contributed by atoms with Gasteiger partial charge < -0.3 is 10.3 Å². The summed E-state index contributed by atoms with van der Waals surface area (Å²) in [5.74, 6) is 2.02. The topological polar surface area (TPSA) is 40.7 Å². The molecule has 0 aliphatic heterocycles. The Labute approximate surface area is 102 Å². The summed E-state index contributed by atoms with van der Waals surface area (Å²) in [5, 5.41) is 3.54. The predicted octanol–water partition coefficient (Wildman–Crippen LogP) is 2.84. The van der Waals surface area contributed by atoms with Gasteiger partial charge >= 0.3 is 0 Å². The van der Waals surface area contributed by atoms with Gasteiger partial charge in [-0.1, -0.05) is 25.0 Å². The quantitative estimate of drug-likeness (QED) is 0.827. The normalized spacial score (nSPS) is 17.5. The van der Waals surface area contributed by atoms with Gasteiger partial charge in [-0.05, 0) is 31.4 Å². The molecule has 1 aliphatic rings. The summed E-state index contributed by atoms with van der Waals surface area (Å²) in [6, 6.07) is 8.77. The highest BCUT2D eigenvalue weighted by atomic mass is 15.0. The van der Waals surface area contributed by atoms with Crippen LogP contribution in [0.1, 0.15) is 32.0 Å². The molecule has 2 aromatic rings. The van der Waals surface area contributed by atoms with E-state index in [9.17, 15) is 0 Å². The van der Waals surface area contributed by atoms with E-state index in [1.54, 1.807) is 0 Å². The van der Waals surface area contributed by atoms with Crippen LogP contribution in [0.15, 0.2) is 24.3 Å². The fourth-order valence-corrected chi connectivity index (χ4v) is 2.30. The van der Waals surface area contributed by atoms with Gasteiger partial charge in [-0.3, -0.25) is 0 Å². The van der Waals surface area contributed by atoms with Crippen molar-refractivity contribution in [3.8, 4) is 0 Å². The van der Waals surface area contributed by atoms with Crippen molar-refractivity contribution in [3.63, 3.8) is 0 Å². The van der Waals surface area contributed by atoms with Crippen LogP contribution in [-0.2, 0) is 6.54 Å². The molecule has 1 aliphatic carbocycles. The average Bonchev–Trinajstić information content (AvgIpc) is 3.03. The standard InChI is InChI=1S/C14H19N3/c1-10(8-11-6-7-11)15-9-14-16-12-4-2-3-5-13(12)17-14/h2-5,10-11,15H,6-9H2,1H3,(H,16,17). The Morgan fingerprint density at radius 3 is 3.00 bits per heavy atom. The highest BCUT2D eigenvalue weighted by Gasteiger charge is 2.23. The van der Waals surface area contributed by atoms with E-state index in [0.29, 0.717) is 6.04 Å². The molecule has 1 aromatic heterocycles. The van der Waals surface area contributed by atoms with Crippen LogP contribution in [-0.4, -0.2) is 16.0 Å². The average molecular weight is 229 g/mol. The number of nitrogens with one attached hydrogen (secondary N) is 2. The first-order valence-corrected chi connectivity index (χ1v) is 6.48. The third-order valence-electron chi connectivity index (χ3n) is 3.44. The van der Waals surface area contributed by atoms with Crippen molar-refractivity contribution in [1.82, 2.24) is 15.3 Å². The molecule has 1 aromatic carbocycles. The summed E-state index contributed by atoms with van der Waals surface area (Å²) in [6.07, 6.45) is 4.16. The highest BCUT2D eigenvalue weighted by molar-refractivity contribution is 5.74. The molecule has 3 heteroatoms. The number of hydrogen-bond acceptors (Lipinski definition) is 2. The van der Waals surface area contributed by atoms with Gasteiger partial charge in [-0.2, -0.15) is 0 Å². The number of imidazole rings is 1. The second-order valence-electron chi connectivity index (χ2n) is 5.16. The van der Waals surface area contributed by atoms with Crippen molar-refractivity contribution in [1.29, 1.82) is 0 Å². The van der Waals surface area contributed by atoms with Crippen molar-refractivity contribution in [2.75, 3.05) is 0 Å². The van der Waals surface area contributed by atoms with Crippen LogP contribution < -0.4 is 5.32 Å². The number of fused-ring (bicyclic) bond motifs is 1. The molecule has 1 heterocycles. The van der Waals surface area contributed by atoms with Gasteiger partial charge in [-0.15, -0.1) is 0 Å². The zero-order valence-electron chi connectivity index (χ0n) is 10.2. The van der Waals surface area contributed by atoms with E-state index in [4.69, 9.17) is 0 Å². The molecule has 2 N–H and O–H groups in total. The van der Waals surface area contributed by atoms with E-state index in [1.165, 1.54) is 19.3 Å². The Bertz CT molecular complexity index is 466. The predicted molar refractivity (Wildman–Crippen MR) is 69.7 cm³/mol. The highest BCUT2D eigenvalue weighted by Crippen LogP contribution is 2.33. The summed E-state index contributed by atoms with van der Waals surface area (Å²) < 4.78 is 0. The van der Waals surface area contributed by atoms with E-state index >= 15 is 0 Å². The van der Waals surface area contributed by atoms with Gasteiger partial charge in [0.05, 0.1) is 17.6 Å². The van der Waals surface area contributed by atoms with Crippen molar-refractivity contribution >= 4 is 11.0 Å². The molecule has 1 unspecified atom stereocenters. The largest absolute Gasteiger partial charge is 0.341 e. The van der Waals surface area contributed by atoms with Gasteiger partial charge in [-0.25, -0.2) is 4.98 Å². The van der Waals surface area contributed by atoms with Crippen LogP contribution in [0.25, 0.3) is 11.0 Å². The Morgan fingerprint density at radius 2 is 2.24 bits per heavy atom. The minimum absolute atomic E-state index is 0.593. The van der Waals surface area contributed by atoms with Crippen LogP contribution in [0.2, 0.25) is 0 Å². The third-order valence-corrected chi connectivity index (χ3v) is 3.44. The van der Waals surface area contributed by atoms with Gasteiger partial charge in [0.25, 0.3) is 0 Å². The second kappa shape index (κ2) is 4.49. The molecule has 3 nitrogen and oxygen atoms in total. The maximum atomic E-state index is 4.56. The summed E-state index contributed by atoms with van der Waals surface area (Å²) in [5.41, 5.74) is 2.18. The Balaban J connectivity index is 1.60. The molecule has 0 saturated heterocycles. The molecule has 90 valence electrons. The fraction of sp³-hybridized carbons (Fsp3) is 0.500. The lowest BCUT2D eigenvalue weighted by Crippen LogP contribution is -2.26. The van der Waals surface area contributed by atoms with Crippen molar-refractivity contribution < 1.29 is 0 Å². The molecule has 1 saturated carbocycles. The minimum Gasteiger partial charge on any atom is -0.341 e. The number of H-pyrrole nitrogens is 1. The zero-order valence-corrected chi connectivity index (χ0v) is 10.2. The molecule has 0 spiro atoms.